The number of carbonyl (C=O) groups is 1. The largest absolute Gasteiger partial charge is 0.493 e. The molecule has 0 radical (unpaired) electrons. The number of ketones is 1. The van der Waals surface area contributed by atoms with E-state index in [4.69, 9.17) is 14.2 Å². The number of hydrogen-bond donors (Lipinski definition) is 0. The third-order valence-electron chi connectivity index (χ3n) is 5.47. The van der Waals surface area contributed by atoms with E-state index in [1.807, 2.05) is 12.3 Å². The molecule has 2 aliphatic rings. The van der Waals surface area contributed by atoms with E-state index in [1.54, 1.807) is 21.3 Å². The number of aryl methyl sites for hydroxylation is 1. The molecule has 0 amide bonds. The van der Waals surface area contributed by atoms with E-state index in [2.05, 4.69) is 19.1 Å². The van der Waals surface area contributed by atoms with E-state index >= 15 is 0 Å². The van der Waals surface area contributed by atoms with Gasteiger partial charge in [-0.1, -0.05) is 13.0 Å². The van der Waals surface area contributed by atoms with E-state index in [-0.39, 0.29) is 11.7 Å². The van der Waals surface area contributed by atoms with Crippen molar-refractivity contribution in [1.29, 1.82) is 0 Å². The van der Waals surface area contributed by atoms with Crippen molar-refractivity contribution in [2.24, 2.45) is 11.8 Å². The van der Waals surface area contributed by atoms with E-state index < -0.39 is 0 Å². The Hall–Kier alpha value is -1.88. The van der Waals surface area contributed by atoms with Gasteiger partial charge in [0.15, 0.2) is 17.3 Å². The highest BCUT2D eigenvalue weighted by molar-refractivity contribution is 8.03. The maximum atomic E-state index is 12.6. The topological polar surface area (TPSA) is 44.8 Å². The Morgan fingerprint density at radius 2 is 1.81 bits per heavy atom. The zero-order chi connectivity index (χ0) is 18.8. The number of rotatable bonds is 4. The molecule has 0 spiro atoms. The van der Waals surface area contributed by atoms with Crippen molar-refractivity contribution in [2.75, 3.05) is 27.6 Å². The first-order valence-corrected chi connectivity index (χ1v) is 10.1. The molecule has 0 fully saturated rings. The quantitative estimate of drug-likeness (QED) is 0.776. The lowest BCUT2D eigenvalue weighted by Gasteiger charge is -2.25. The average molecular weight is 375 g/mol. The summed E-state index contributed by atoms with van der Waals surface area (Å²) in [6, 6.07) is 2.05. The van der Waals surface area contributed by atoms with E-state index in [0.29, 0.717) is 29.6 Å². The molecule has 1 aromatic carbocycles. The third-order valence-corrected chi connectivity index (χ3v) is 6.27. The molecular formula is C21H26O4S. The van der Waals surface area contributed by atoms with Crippen molar-refractivity contribution in [2.45, 2.75) is 26.2 Å². The predicted octanol–water partition coefficient (Wildman–Crippen LogP) is 4.51. The molecule has 5 heteroatoms. The van der Waals surface area contributed by atoms with E-state index in [9.17, 15) is 4.79 Å². The van der Waals surface area contributed by atoms with Crippen molar-refractivity contribution in [3.63, 3.8) is 0 Å². The van der Waals surface area contributed by atoms with Gasteiger partial charge in [0, 0.05) is 12.0 Å². The molecule has 1 unspecified atom stereocenters. The molecule has 1 aromatic rings. The van der Waals surface area contributed by atoms with Crippen LogP contribution in [0, 0.1) is 11.8 Å². The Bertz CT molecular complexity index is 779. The zero-order valence-electron chi connectivity index (χ0n) is 16.0. The van der Waals surface area contributed by atoms with Crippen LogP contribution >= 0.6 is 11.8 Å². The van der Waals surface area contributed by atoms with Crippen molar-refractivity contribution < 1.29 is 19.0 Å². The lowest BCUT2D eigenvalue weighted by Crippen LogP contribution is -2.16. The smallest absolute Gasteiger partial charge is 0.203 e. The van der Waals surface area contributed by atoms with Crippen molar-refractivity contribution >= 4 is 23.1 Å². The minimum absolute atomic E-state index is 0.177. The van der Waals surface area contributed by atoms with Gasteiger partial charge in [0.05, 0.1) is 26.2 Å². The first-order valence-electron chi connectivity index (χ1n) is 8.86. The summed E-state index contributed by atoms with van der Waals surface area (Å²) in [5, 5.41) is 0. The zero-order valence-corrected chi connectivity index (χ0v) is 16.9. The number of benzene rings is 1. The molecule has 0 aromatic heterocycles. The van der Waals surface area contributed by atoms with Crippen LogP contribution in [0.15, 0.2) is 23.1 Å². The van der Waals surface area contributed by atoms with Crippen LogP contribution in [0.5, 0.6) is 17.2 Å². The summed E-state index contributed by atoms with van der Waals surface area (Å²) in [4.78, 5) is 13.5. The number of fused-ring (bicyclic) bond motifs is 3. The van der Waals surface area contributed by atoms with Crippen LogP contribution in [0.2, 0.25) is 0 Å². The molecule has 26 heavy (non-hydrogen) atoms. The SMILES string of the molecule is COc1cc2c(c(OC)c1OC)C1=CC=C(SC)C(=O)CC1[C@@H](C)CC2. The molecule has 4 nitrogen and oxygen atoms in total. The number of thioether (sulfide) groups is 1. The van der Waals surface area contributed by atoms with Crippen LogP contribution in [0.4, 0.5) is 0 Å². The second kappa shape index (κ2) is 7.78. The van der Waals surface area contributed by atoms with Crippen LogP contribution in [-0.4, -0.2) is 33.4 Å². The van der Waals surface area contributed by atoms with Gasteiger partial charge in [-0.2, -0.15) is 0 Å². The molecule has 2 atom stereocenters. The highest BCUT2D eigenvalue weighted by Gasteiger charge is 2.35. The molecule has 0 bridgehead atoms. The monoisotopic (exact) mass is 374 g/mol. The molecular weight excluding hydrogens is 348 g/mol. The first kappa shape index (κ1) is 18.9. The third kappa shape index (κ3) is 3.13. The normalized spacial score (nSPS) is 22.3. The van der Waals surface area contributed by atoms with Gasteiger partial charge in [-0.25, -0.2) is 0 Å². The lowest BCUT2D eigenvalue weighted by molar-refractivity contribution is -0.115. The number of carbonyl (C=O) groups excluding carboxylic acids is 1. The number of allylic oxidation sites excluding steroid dienone is 4. The standard InChI is InChI=1S/C21H26O4S/c1-12-6-7-13-10-17(23-2)20(24-3)21(25-4)19(13)14-8-9-18(26-5)16(22)11-15(12)14/h8-10,12,15H,6-7,11H2,1-5H3/t12-,15?/m0/s1. The Morgan fingerprint density at radius 1 is 1.08 bits per heavy atom. The highest BCUT2D eigenvalue weighted by atomic mass is 32.2. The molecule has 0 N–H and O–H groups in total. The van der Waals surface area contributed by atoms with E-state index in [0.717, 1.165) is 23.3 Å². The Labute approximate surface area is 159 Å². The van der Waals surface area contributed by atoms with Gasteiger partial charge in [0.25, 0.3) is 0 Å². The van der Waals surface area contributed by atoms with E-state index in [1.165, 1.54) is 22.9 Å². The number of methoxy groups -OCH3 is 3. The minimum atomic E-state index is 0.177. The molecule has 2 aliphatic carbocycles. The van der Waals surface area contributed by atoms with Crippen LogP contribution in [0.1, 0.15) is 30.9 Å². The summed E-state index contributed by atoms with van der Waals surface area (Å²) in [5.41, 5.74) is 3.42. The predicted molar refractivity (Wildman–Crippen MR) is 106 cm³/mol. The van der Waals surface area contributed by atoms with Crippen LogP contribution in [0.25, 0.3) is 5.57 Å². The average Bonchev–Trinajstić information content (AvgIpc) is 2.89. The fourth-order valence-electron chi connectivity index (χ4n) is 4.06. The molecule has 0 saturated carbocycles. The van der Waals surface area contributed by atoms with Crippen molar-refractivity contribution in [3.8, 4) is 17.2 Å². The maximum absolute atomic E-state index is 12.6. The van der Waals surface area contributed by atoms with Crippen LogP contribution < -0.4 is 14.2 Å². The lowest BCUT2D eigenvalue weighted by atomic mass is 9.81. The summed E-state index contributed by atoms with van der Waals surface area (Å²) in [6.07, 6.45) is 8.51. The maximum Gasteiger partial charge on any atom is 0.203 e. The molecule has 0 aliphatic heterocycles. The second-order valence-corrected chi connectivity index (χ2v) is 7.63. The number of Topliss-reactive ketones (excluding diaryl/α,β-unsaturated/α-hetero) is 1. The molecule has 0 heterocycles. The summed E-state index contributed by atoms with van der Waals surface area (Å²) in [7, 11) is 4.93. The minimum Gasteiger partial charge on any atom is -0.493 e. The van der Waals surface area contributed by atoms with Crippen LogP contribution in [-0.2, 0) is 11.2 Å². The summed E-state index contributed by atoms with van der Waals surface area (Å²) < 4.78 is 16.9. The van der Waals surface area contributed by atoms with Gasteiger partial charge in [0.1, 0.15) is 0 Å². The van der Waals surface area contributed by atoms with Gasteiger partial charge in [-0.3, -0.25) is 4.79 Å². The van der Waals surface area contributed by atoms with Gasteiger partial charge < -0.3 is 14.2 Å². The first-order chi connectivity index (χ1) is 12.5. The summed E-state index contributed by atoms with van der Waals surface area (Å²) >= 11 is 1.52. The van der Waals surface area contributed by atoms with Crippen molar-refractivity contribution in [3.05, 3.63) is 34.3 Å². The Balaban J connectivity index is 2.28. The summed E-state index contributed by atoms with van der Waals surface area (Å²) in [6.45, 7) is 2.24. The summed E-state index contributed by atoms with van der Waals surface area (Å²) in [5.74, 6) is 2.79. The van der Waals surface area contributed by atoms with Gasteiger partial charge in [0.2, 0.25) is 5.75 Å². The van der Waals surface area contributed by atoms with Gasteiger partial charge in [-0.05, 0) is 54.2 Å². The van der Waals surface area contributed by atoms with Gasteiger partial charge in [-0.15, -0.1) is 11.8 Å². The van der Waals surface area contributed by atoms with Gasteiger partial charge >= 0.3 is 0 Å². The fourth-order valence-corrected chi connectivity index (χ4v) is 4.57. The number of ether oxygens (including phenoxy) is 3. The Kier molecular flexibility index (Phi) is 5.66. The molecule has 0 saturated heterocycles. The molecule has 140 valence electrons. The fraction of sp³-hybridized carbons (Fsp3) is 0.476. The number of hydrogen-bond acceptors (Lipinski definition) is 5. The van der Waals surface area contributed by atoms with Crippen molar-refractivity contribution in [1.82, 2.24) is 0 Å². The Morgan fingerprint density at radius 3 is 2.42 bits per heavy atom. The molecule has 3 rings (SSSR count). The second-order valence-electron chi connectivity index (χ2n) is 6.79. The highest BCUT2D eigenvalue weighted by Crippen LogP contribution is 2.51. The van der Waals surface area contributed by atoms with Crippen LogP contribution in [0.3, 0.4) is 0 Å².